The second-order valence-electron chi connectivity index (χ2n) is 8.67. The van der Waals surface area contributed by atoms with Crippen molar-refractivity contribution in [3.63, 3.8) is 0 Å². The number of rotatable bonds is 4. The third kappa shape index (κ3) is 4.22. The molecular weight excluding hydrogens is 406 g/mol. The van der Waals surface area contributed by atoms with E-state index in [1.807, 2.05) is 31.3 Å². The van der Waals surface area contributed by atoms with E-state index in [9.17, 15) is 0 Å². The van der Waals surface area contributed by atoms with Crippen molar-refractivity contribution in [3.05, 3.63) is 95.6 Å². The van der Waals surface area contributed by atoms with Gasteiger partial charge in [0.2, 0.25) is 0 Å². The maximum absolute atomic E-state index is 5.00. The first-order valence-electron chi connectivity index (χ1n) is 11.2. The molecule has 0 saturated heterocycles. The minimum absolute atomic E-state index is 0.153. The van der Waals surface area contributed by atoms with E-state index in [1.165, 1.54) is 5.56 Å². The van der Waals surface area contributed by atoms with Crippen molar-refractivity contribution in [3.8, 4) is 17.1 Å². The Morgan fingerprint density at radius 3 is 2.42 bits per heavy atom. The molecule has 0 spiro atoms. The molecule has 0 amide bonds. The molecule has 1 aromatic heterocycles. The molecule has 1 N–H and O–H groups in total. The average molecular weight is 434 g/mol. The van der Waals surface area contributed by atoms with Crippen LogP contribution in [-0.4, -0.2) is 20.6 Å². The van der Waals surface area contributed by atoms with Crippen LogP contribution in [0, 0.1) is 13.8 Å². The fourth-order valence-electron chi connectivity index (χ4n) is 4.00. The molecule has 164 valence electrons. The van der Waals surface area contributed by atoms with E-state index >= 15 is 0 Å². The number of benzene rings is 3. The molecule has 5 nitrogen and oxygen atoms in total. The van der Waals surface area contributed by atoms with E-state index in [-0.39, 0.29) is 6.04 Å². The molecule has 0 fully saturated rings. The average Bonchev–Trinajstić information content (AvgIpc) is 2.80. The monoisotopic (exact) mass is 433 g/mol. The number of hydrogen-bond donors (Lipinski definition) is 1. The molecule has 0 radical (unpaired) electrons. The van der Waals surface area contributed by atoms with Gasteiger partial charge in [-0.05, 0) is 76.2 Å². The third-order valence-corrected chi connectivity index (χ3v) is 5.58. The lowest BCUT2D eigenvalue weighted by Crippen LogP contribution is -2.16. The number of hydrogen-bond acceptors (Lipinski definition) is 4. The highest BCUT2D eigenvalue weighted by atomic mass is 15.0. The second-order valence-corrected chi connectivity index (χ2v) is 8.67. The van der Waals surface area contributed by atoms with Crippen molar-refractivity contribution in [1.29, 1.82) is 0 Å². The molecule has 0 unspecified atom stereocenters. The SMILES string of the molecule is Cc1ccc(-n2c3c/c(=N\C(C)C)c(Nc4ccc(C)nc4)cc-3nc3ccccc32)cc1. The zero-order valence-electron chi connectivity index (χ0n) is 19.4. The molecule has 3 aromatic rings. The summed E-state index contributed by atoms with van der Waals surface area (Å²) < 4.78 is 2.27. The van der Waals surface area contributed by atoms with Crippen molar-refractivity contribution in [2.45, 2.75) is 33.7 Å². The number of nitrogens with one attached hydrogen (secondary N) is 1. The molecule has 1 aliphatic carbocycles. The lowest BCUT2D eigenvalue weighted by molar-refractivity contribution is 0.806. The van der Waals surface area contributed by atoms with E-state index in [4.69, 9.17) is 9.98 Å². The molecule has 1 aliphatic heterocycles. The smallest absolute Gasteiger partial charge is 0.0900 e. The highest BCUT2D eigenvalue weighted by Crippen LogP contribution is 2.30. The number of pyridine rings is 1. The summed E-state index contributed by atoms with van der Waals surface area (Å²) in [6.07, 6.45) is 1.85. The van der Waals surface area contributed by atoms with Crippen LogP contribution in [0.1, 0.15) is 25.1 Å². The van der Waals surface area contributed by atoms with Crippen molar-refractivity contribution < 1.29 is 0 Å². The fourth-order valence-corrected chi connectivity index (χ4v) is 4.00. The number of para-hydroxylation sites is 2. The van der Waals surface area contributed by atoms with Crippen LogP contribution in [-0.2, 0) is 0 Å². The van der Waals surface area contributed by atoms with Gasteiger partial charge in [0.25, 0.3) is 0 Å². The van der Waals surface area contributed by atoms with Gasteiger partial charge in [-0.2, -0.15) is 0 Å². The van der Waals surface area contributed by atoms with Crippen LogP contribution in [0.25, 0.3) is 28.1 Å². The minimum Gasteiger partial charge on any atom is -0.352 e. The van der Waals surface area contributed by atoms with Gasteiger partial charge in [-0.3, -0.25) is 9.98 Å². The highest BCUT2D eigenvalue weighted by molar-refractivity contribution is 5.84. The molecule has 0 bridgehead atoms. The zero-order chi connectivity index (χ0) is 22.9. The lowest BCUT2D eigenvalue weighted by Gasteiger charge is -2.20. The molecule has 0 atom stereocenters. The fraction of sp³-hybridized carbons (Fsp3) is 0.179. The molecule has 2 heterocycles. The highest BCUT2D eigenvalue weighted by Gasteiger charge is 2.16. The van der Waals surface area contributed by atoms with E-state index < -0.39 is 0 Å². The Balaban J connectivity index is 1.80. The summed E-state index contributed by atoms with van der Waals surface area (Å²) in [6.45, 7) is 8.27. The summed E-state index contributed by atoms with van der Waals surface area (Å²) in [5.74, 6) is 0. The minimum atomic E-state index is 0.153. The van der Waals surface area contributed by atoms with Crippen molar-refractivity contribution in [2.24, 2.45) is 4.99 Å². The van der Waals surface area contributed by atoms with Gasteiger partial charge in [0.05, 0.1) is 45.4 Å². The van der Waals surface area contributed by atoms with E-state index in [0.29, 0.717) is 0 Å². The zero-order valence-corrected chi connectivity index (χ0v) is 19.4. The predicted molar refractivity (Wildman–Crippen MR) is 135 cm³/mol. The van der Waals surface area contributed by atoms with E-state index in [0.717, 1.165) is 50.5 Å². The van der Waals surface area contributed by atoms with Gasteiger partial charge in [-0.15, -0.1) is 0 Å². The Morgan fingerprint density at radius 1 is 0.909 bits per heavy atom. The summed E-state index contributed by atoms with van der Waals surface area (Å²) in [5.41, 5.74) is 9.09. The normalized spacial score (nSPS) is 12.1. The van der Waals surface area contributed by atoms with Crippen LogP contribution in [0.2, 0.25) is 0 Å². The Kier molecular flexibility index (Phi) is 5.38. The Hall–Kier alpha value is -3.99. The van der Waals surface area contributed by atoms with Crippen LogP contribution < -0.4 is 10.7 Å². The summed E-state index contributed by atoms with van der Waals surface area (Å²) in [5, 5.41) is 4.41. The molecule has 0 saturated carbocycles. The maximum atomic E-state index is 5.00. The van der Waals surface area contributed by atoms with Crippen LogP contribution in [0.4, 0.5) is 11.4 Å². The number of aromatic nitrogens is 3. The molecular formula is C28H27N5. The molecule has 5 rings (SSSR count). The van der Waals surface area contributed by atoms with Gasteiger partial charge in [0.1, 0.15) is 0 Å². The topological polar surface area (TPSA) is 55.1 Å². The van der Waals surface area contributed by atoms with Crippen molar-refractivity contribution in [1.82, 2.24) is 14.5 Å². The summed E-state index contributed by atoms with van der Waals surface area (Å²) in [7, 11) is 0. The first kappa shape index (κ1) is 20.9. The van der Waals surface area contributed by atoms with Gasteiger partial charge in [-0.25, -0.2) is 4.98 Å². The standard InChI is InChI=1S/C28H27N5/c1-18(2)30-25-16-28-26(15-24(25)31-21-12-11-20(4)29-17-21)32-23-7-5-6-8-27(23)33(28)22-13-9-19(3)10-14-22/h5-18,31H,1-4H3/b30-25+. The lowest BCUT2D eigenvalue weighted by atomic mass is 10.1. The largest absolute Gasteiger partial charge is 0.352 e. The maximum Gasteiger partial charge on any atom is 0.0900 e. The first-order valence-corrected chi connectivity index (χ1v) is 11.2. The quantitative estimate of drug-likeness (QED) is 0.344. The molecule has 33 heavy (non-hydrogen) atoms. The van der Waals surface area contributed by atoms with Crippen molar-refractivity contribution in [2.75, 3.05) is 5.32 Å². The number of aryl methyl sites for hydroxylation is 2. The van der Waals surface area contributed by atoms with Crippen LogP contribution >= 0.6 is 0 Å². The predicted octanol–water partition coefficient (Wildman–Crippen LogP) is 6.19. The van der Waals surface area contributed by atoms with Crippen molar-refractivity contribution >= 4 is 22.4 Å². The van der Waals surface area contributed by atoms with E-state index in [1.54, 1.807) is 0 Å². The van der Waals surface area contributed by atoms with Crippen LogP contribution in [0.5, 0.6) is 0 Å². The van der Waals surface area contributed by atoms with Gasteiger partial charge < -0.3 is 9.88 Å². The van der Waals surface area contributed by atoms with E-state index in [2.05, 4.69) is 90.2 Å². The summed E-state index contributed by atoms with van der Waals surface area (Å²) >= 11 is 0. The third-order valence-electron chi connectivity index (χ3n) is 5.58. The van der Waals surface area contributed by atoms with Gasteiger partial charge in [0, 0.05) is 17.4 Å². The summed E-state index contributed by atoms with van der Waals surface area (Å²) in [4.78, 5) is 14.3. The molecule has 2 aliphatic rings. The summed E-state index contributed by atoms with van der Waals surface area (Å²) in [6, 6.07) is 25.3. The van der Waals surface area contributed by atoms with Gasteiger partial charge >= 0.3 is 0 Å². The Morgan fingerprint density at radius 2 is 1.70 bits per heavy atom. The number of fused-ring (bicyclic) bond motifs is 2. The second kappa shape index (κ2) is 8.51. The Bertz CT molecular complexity index is 1460. The number of nitrogens with zero attached hydrogens (tertiary/aromatic N) is 4. The van der Waals surface area contributed by atoms with Gasteiger partial charge in [0.15, 0.2) is 0 Å². The number of anilines is 2. The Labute approximate surface area is 193 Å². The van der Waals surface area contributed by atoms with Crippen LogP contribution in [0.3, 0.4) is 0 Å². The molecule has 5 heteroatoms. The van der Waals surface area contributed by atoms with Gasteiger partial charge in [-0.1, -0.05) is 29.8 Å². The first-order chi connectivity index (χ1) is 16.0. The molecule has 2 aromatic carbocycles. The van der Waals surface area contributed by atoms with Crippen LogP contribution in [0.15, 0.2) is 84.0 Å².